The third-order valence-corrected chi connectivity index (χ3v) is 13.8. The summed E-state index contributed by atoms with van der Waals surface area (Å²) in [4.78, 5) is 0.126. The molecule has 1 aromatic carbocycles. The number of benzene rings is 1. The SMILES string of the molecule is Cc1ccc(S(=O)(=O)OC[C@@H](CCC(O)[C@]2(C)CC[C@H](O)C(C)(C)O2)CO[Si](C)(C)C(C)(C)C)cc1. The summed E-state index contributed by atoms with van der Waals surface area (Å²) in [6.07, 6.45) is 0.666. The molecule has 1 aromatic rings. The second-order valence-electron chi connectivity index (χ2n) is 12.7. The number of aliphatic hydroxyl groups excluding tert-OH is 2. The molecule has 1 unspecified atom stereocenters. The van der Waals surface area contributed by atoms with Gasteiger partial charge in [0.1, 0.15) is 0 Å². The quantitative estimate of drug-likeness (QED) is 0.292. The van der Waals surface area contributed by atoms with Crippen molar-refractivity contribution in [2.75, 3.05) is 13.2 Å². The van der Waals surface area contributed by atoms with Crippen molar-refractivity contribution in [1.29, 1.82) is 0 Å². The Kier molecular flexibility index (Phi) is 10.0. The lowest BCUT2D eigenvalue weighted by molar-refractivity contribution is -0.245. The van der Waals surface area contributed by atoms with Crippen molar-refractivity contribution in [1.82, 2.24) is 0 Å². The molecule has 1 aliphatic rings. The molecule has 0 aromatic heterocycles. The summed E-state index contributed by atoms with van der Waals surface area (Å²) in [6, 6.07) is 6.59. The molecule has 7 nitrogen and oxygen atoms in total. The molecule has 36 heavy (non-hydrogen) atoms. The van der Waals surface area contributed by atoms with Crippen LogP contribution in [0.1, 0.15) is 72.8 Å². The van der Waals surface area contributed by atoms with Crippen molar-refractivity contribution in [3.63, 3.8) is 0 Å². The summed E-state index contributed by atoms with van der Waals surface area (Å²) in [5.74, 6) is -0.222. The van der Waals surface area contributed by atoms with Gasteiger partial charge in [0.15, 0.2) is 8.32 Å². The van der Waals surface area contributed by atoms with Crippen LogP contribution in [0, 0.1) is 12.8 Å². The molecule has 0 radical (unpaired) electrons. The van der Waals surface area contributed by atoms with E-state index in [4.69, 9.17) is 13.3 Å². The molecular formula is C27H48O7SSi. The van der Waals surface area contributed by atoms with Crippen LogP contribution >= 0.6 is 0 Å². The molecule has 1 heterocycles. The van der Waals surface area contributed by atoms with Crippen molar-refractivity contribution < 1.29 is 32.0 Å². The van der Waals surface area contributed by atoms with E-state index in [9.17, 15) is 18.6 Å². The van der Waals surface area contributed by atoms with E-state index < -0.39 is 41.8 Å². The van der Waals surface area contributed by atoms with Crippen molar-refractivity contribution in [2.24, 2.45) is 5.92 Å². The Morgan fingerprint density at radius 2 is 1.69 bits per heavy atom. The number of hydrogen-bond donors (Lipinski definition) is 2. The van der Waals surface area contributed by atoms with E-state index in [0.29, 0.717) is 32.3 Å². The fourth-order valence-corrected chi connectivity index (χ4v) is 6.20. The Balaban J connectivity index is 2.11. The molecule has 4 atom stereocenters. The highest BCUT2D eigenvalue weighted by Gasteiger charge is 2.46. The van der Waals surface area contributed by atoms with Gasteiger partial charge in [0, 0.05) is 12.5 Å². The summed E-state index contributed by atoms with van der Waals surface area (Å²) in [6.45, 7) is 18.6. The first-order valence-electron chi connectivity index (χ1n) is 13.0. The summed E-state index contributed by atoms with van der Waals surface area (Å²) in [5.41, 5.74) is -0.565. The maximum Gasteiger partial charge on any atom is 0.296 e. The van der Waals surface area contributed by atoms with Gasteiger partial charge in [0.2, 0.25) is 0 Å². The highest BCUT2D eigenvalue weighted by atomic mass is 32.2. The molecule has 2 rings (SSSR count). The van der Waals surface area contributed by atoms with Crippen LogP contribution in [0.15, 0.2) is 29.2 Å². The average molecular weight is 545 g/mol. The Morgan fingerprint density at radius 3 is 2.22 bits per heavy atom. The Hall–Kier alpha value is -0.813. The van der Waals surface area contributed by atoms with Crippen LogP contribution in [-0.4, -0.2) is 63.6 Å². The summed E-state index contributed by atoms with van der Waals surface area (Å²) in [5, 5.41) is 21.4. The van der Waals surface area contributed by atoms with Crippen LogP contribution in [0.2, 0.25) is 18.1 Å². The normalized spacial score (nSPS) is 24.9. The fourth-order valence-electron chi connectivity index (χ4n) is 4.14. The van der Waals surface area contributed by atoms with Gasteiger partial charge in [-0.2, -0.15) is 8.42 Å². The highest BCUT2D eigenvalue weighted by molar-refractivity contribution is 7.86. The predicted molar refractivity (Wildman–Crippen MR) is 145 cm³/mol. The Bertz CT molecular complexity index is 953. The molecule has 1 aliphatic heterocycles. The topological polar surface area (TPSA) is 102 Å². The molecule has 0 bridgehead atoms. The van der Waals surface area contributed by atoms with Crippen LogP contribution in [0.25, 0.3) is 0 Å². The number of ether oxygens (including phenoxy) is 1. The van der Waals surface area contributed by atoms with Crippen molar-refractivity contribution in [2.45, 2.75) is 121 Å². The molecule has 1 fully saturated rings. The molecule has 0 aliphatic carbocycles. The van der Waals surface area contributed by atoms with E-state index in [1.807, 2.05) is 27.7 Å². The number of aryl methyl sites for hydroxylation is 1. The molecule has 0 spiro atoms. The lowest BCUT2D eigenvalue weighted by Gasteiger charge is -2.48. The zero-order valence-corrected chi connectivity index (χ0v) is 25.4. The van der Waals surface area contributed by atoms with Crippen LogP contribution < -0.4 is 0 Å². The lowest BCUT2D eigenvalue weighted by atomic mass is 9.81. The molecule has 208 valence electrons. The average Bonchev–Trinajstić information content (AvgIpc) is 2.75. The summed E-state index contributed by atoms with van der Waals surface area (Å²) < 4.78 is 43.6. The van der Waals surface area contributed by atoms with Gasteiger partial charge in [0.25, 0.3) is 10.1 Å². The van der Waals surface area contributed by atoms with Crippen LogP contribution in [0.3, 0.4) is 0 Å². The highest BCUT2D eigenvalue weighted by Crippen LogP contribution is 2.40. The lowest BCUT2D eigenvalue weighted by Crippen LogP contribution is -2.56. The zero-order chi connectivity index (χ0) is 27.6. The van der Waals surface area contributed by atoms with E-state index in [1.54, 1.807) is 24.3 Å². The fraction of sp³-hybridized carbons (Fsp3) is 0.778. The Labute approximate surface area is 219 Å². The van der Waals surface area contributed by atoms with E-state index in [-0.39, 0.29) is 22.5 Å². The second-order valence-corrected chi connectivity index (χ2v) is 19.1. The first kappa shape index (κ1) is 31.4. The van der Waals surface area contributed by atoms with E-state index >= 15 is 0 Å². The van der Waals surface area contributed by atoms with Gasteiger partial charge in [-0.1, -0.05) is 38.5 Å². The van der Waals surface area contributed by atoms with Gasteiger partial charge in [-0.05, 0) is 83.6 Å². The maximum atomic E-state index is 12.8. The second kappa shape index (κ2) is 11.5. The Morgan fingerprint density at radius 1 is 1.11 bits per heavy atom. The standard InChI is InChI=1S/C27H48O7SSi/c1-20-10-13-22(14-11-20)35(30,31)32-18-21(19-33-36(8,9)25(2,3)4)12-15-24(29)27(7)17-16-23(28)26(5,6)34-27/h10-11,13-14,21,23-24,28-29H,12,15-19H2,1-9H3/t21-,23+,24?,27+/m1/s1. The van der Waals surface area contributed by atoms with Gasteiger partial charge in [-0.25, -0.2) is 0 Å². The molecular weight excluding hydrogens is 496 g/mol. The smallest absolute Gasteiger partial charge is 0.296 e. The minimum atomic E-state index is -3.91. The molecule has 2 N–H and O–H groups in total. The number of hydrogen-bond acceptors (Lipinski definition) is 7. The minimum Gasteiger partial charge on any atom is -0.416 e. The van der Waals surface area contributed by atoms with E-state index in [1.165, 1.54) is 0 Å². The third-order valence-electron chi connectivity index (χ3n) is 8.02. The summed E-state index contributed by atoms with van der Waals surface area (Å²) >= 11 is 0. The molecule has 0 amide bonds. The maximum absolute atomic E-state index is 12.8. The first-order chi connectivity index (χ1) is 16.3. The van der Waals surface area contributed by atoms with Gasteiger partial charge < -0.3 is 19.4 Å². The van der Waals surface area contributed by atoms with Crippen molar-refractivity contribution in [3.05, 3.63) is 29.8 Å². The van der Waals surface area contributed by atoms with Crippen molar-refractivity contribution >= 4 is 18.4 Å². The van der Waals surface area contributed by atoms with Crippen molar-refractivity contribution in [3.8, 4) is 0 Å². The molecule has 1 saturated heterocycles. The third kappa shape index (κ3) is 8.09. The number of rotatable bonds is 11. The van der Waals surface area contributed by atoms with E-state index in [2.05, 4.69) is 33.9 Å². The zero-order valence-electron chi connectivity index (χ0n) is 23.6. The molecule has 9 heteroatoms. The largest absolute Gasteiger partial charge is 0.416 e. The van der Waals surface area contributed by atoms with Crippen LogP contribution in [0.5, 0.6) is 0 Å². The van der Waals surface area contributed by atoms with Gasteiger partial charge in [-0.3, -0.25) is 4.18 Å². The van der Waals surface area contributed by atoms with Gasteiger partial charge in [-0.15, -0.1) is 0 Å². The number of aliphatic hydroxyl groups is 2. The van der Waals surface area contributed by atoms with Gasteiger partial charge in [0.05, 0.1) is 34.9 Å². The van der Waals surface area contributed by atoms with Gasteiger partial charge >= 0.3 is 0 Å². The van der Waals surface area contributed by atoms with E-state index in [0.717, 1.165) is 5.56 Å². The molecule has 0 saturated carbocycles. The monoisotopic (exact) mass is 544 g/mol. The first-order valence-corrected chi connectivity index (χ1v) is 17.3. The minimum absolute atomic E-state index is 0.0156. The van der Waals surface area contributed by atoms with Crippen LogP contribution in [0.4, 0.5) is 0 Å². The summed E-state index contributed by atoms with van der Waals surface area (Å²) in [7, 11) is -5.97. The predicted octanol–water partition coefficient (Wildman–Crippen LogP) is 5.19. The van der Waals surface area contributed by atoms with Crippen LogP contribution in [-0.2, 0) is 23.5 Å².